The fraction of sp³-hybridized carbons (Fsp3) is 0. The first-order chi connectivity index (χ1) is 8.25. The van der Waals surface area contributed by atoms with E-state index in [0.717, 1.165) is 5.52 Å². The summed E-state index contributed by atoms with van der Waals surface area (Å²) in [6.07, 6.45) is 4.78. The summed E-state index contributed by atoms with van der Waals surface area (Å²) in [5.74, 6) is 0. The molecular weight excluding hydrogens is 222 g/mol. The molecule has 7 nitrogen and oxygen atoms in total. The molecule has 0 fully saturated rings. The van der Waals surface area contributed by atoms with Gasteiger partial charge in [-0.2, -0.15) is 10.2 Å². The molecule has 1 N–H and O–H groups in total. The molecule has 3 aromatic rings. The molecule has 7 heteroatoms. The first-order valence-corrected chi connectivity index (χ1v) is 4.87. The average Bonchev–Trinajstić information content (AvgIpc) is 2.98. The van der Waals surface area contributed by atoms with Gasteiger partial charge in [0.05, 0.1) is 16.6 Å². The third-order valence-electron chi connectivity index (χ3n) is 2.48. The van der Waals surface area contributed by atoms with Crippen LogP contribution in [-0.4, -0.2) is 24.9 Å². The lowest BCUT2D eigenvalue weighted by molar-refractivity contribution is -0.384. The second-order valence-electron chi connectivity index (χ2n) is 3.51. The first-order valence-electron chi connectivity index (χ1n) is 4.87. The van der Waals surface area contributed by atoms with E-state index in [9.17, 15) is 10.1 Å². The van der Waals surface area contributed by atoms with Crippen LogP contribution in [0.3, 0.4) is 0 Å². The van der Waals surface area contributed by atoms with Crippen molar-refractivity contribution in [1.82, 2.24) is 20.0 Å². The van der Waals surface area contributed by atoms with Crippen molar-refractivity contribution in [2.45, 2.75) is 0 Å². The van der Waals surface area contributed by atoms with Crippen LogP contribution in [0.5, 0.6) is 0 Å². The lowest BCUT2D eigenvalue weighted by atomic mass is 10.2. The zero-order chi connectivity index (χ0) is 11.8. The summed E-state index contributed by atoms with van der Waals surface area (Å²) in [5.41, 5.74) is 1.15. The molecule has 0 aliphatic rings. The molecule has 0 saturated carbocycles. The van der Waals surface area contributed by atoms with Gasteiger partial charge in [0.2, 0.25) is 0 Å². The van der Waals surface area contributed by atoms with Crippen LogP contribution < -0.4 is 0 Å². The van der Waals surface area contributed by atoms with Crippen LogP contribution in [0.2, 0.25) is 0 Å². The molecule has 3 rings (SSSR count). The van der Waals surface area contributed by atoms with E-state index >= 15 is 0 Å². The first kappa shape index (κ1) is 9.52. The van der Waals surface area contributed by atoms with Crippen LogP contribution in [0, 0.1) is 10.1 Å². The van der Waals surface area contributed by atoms with Crippen molar-refractivity contribution in [1.29, 1.82) is 0 Å². The number of nitro groups is 1. The Morgan fingerprint density at radius 1 is 1.41 bits per heavy atom. The number of rotatable bonds is 2. The van der Waals surface area contributed by atoms with Crippen molar-refractivity contribution in [3.8, 4) is 5.69 Å². The molecule has 2 heterocycles. The van der Waals surface area contributed by atoms with E-state index in [0.29, 0.717) is 11.1 Å². The minimum Gasteiger partial charge on any atom is -0.278 e. The number of hydrogen-bond donors (Lipinski definition) is 1. The van der Waals surface area contributed by atoms with Gasteiger partial charge in [-0.3, -0.25) is 15.2 Å². The molecule has 17 heavy (non-hydrogen) atoms. The van der Waals surface area contributed by atoms with Crippen molar-refractivity contribution < 1.29 is 4.92 Å². The largest absolute Gasteiger partial charge is 0.295 e. The second kappa shape index (κ2) is 3.41. The minimum absolute atomic E-state index is 0.00241. The molecule has 0 saturated heterocycles. The minimum atomic E-state index is -0.427. The van der Waals surface area contributed by atoms with E-state index in [2.05, 4.69) is 15.3 Å². The predicted molar refractivity (Wildman–Crippen MR) is 59.9 cm³/mol. The lowest BCUT2D eigenvalue weighted by Crippen LogP contribution is -2.00. The summed E-state index contributed by atoms with van der Waals surface area (Å²) in [6.45, 7) is 0. The lowest BCUT2D eigenvalue weighted by Gasteiger charge is -2.02. The van der Waals surface area contributed by atoms with Crippen molar-refractivity contribution in [2.24, 2.45) is 0 Å². The zero-order valence-corrected chi connectivity index (χ0v) is 8.57. The molecule has 0 spiro atoms. The number of benzene rings is 1. The summed E-state index contributed by atoms with van der Waals surface area (Å²) in [7, 11) is 0. The third-order valence-corrected chi connectivity index (χ3v) is 2.48. The third kappa shape index (κ3) is 1.44. The van der Waals surface area contributed by atoms with E-state index in [-0.39, 0.29) is 5.69 Å². The van der Waals surface area contributed by atoms with Crippen LogP contribution in [0.15, 0.2) is 36.8 Å². The molecule has 0 amide bonds. The average molecular weight is 229 g/mol. The van der Waals surface area contributed by atoms with Gasteiger partial charge in [0, 0.05) is 23.8 Å². The summed E-state index contributed by atoms with van der Waals surface area (Å²) in [6, 6.07) is 4.85. The summed E-state index contributed by atoms with van der Waals surface area (Å²) in [5, 5.41) is 22.3. The molecule has 0 aliphatic carbocycles. The monoisotopic (exact) mass is 229 g/mol. The normalized spacial score (nSPS) is 10.8. The van der Waals surface area contributed by atoms with Gasteiger partial charge in [-0.25, -0.2) is 4.68 Å². The van der Waals surface area contributed by atoms with Gasteiger partial charge in [-0.05, 0) is 12.1 Å². The topological polar surface area (TPSA) is 89.6 Å². The number of nitrogens with one attached hydrogen (secondary N) is 1. The van der Waals surface area contributed by atoms with Crippen LogP contribution >= 0.6 is 0 Å². The summed E-state index contributed by atoms with van der Waals surface area (Å²) in [4.78, 5) is 10.6. The Kier molecular flexibility index (Phi) is 1.91. The van der Waals surface area contributed by atoms with E-state index in [1.165, 1.54) is 10.7 Å². The zero-order valence-electron chi connectivity index (χ0n) is 8.57. The van der Waals surface area contributed by atoms with Gasteiger partial charge >= 0.3 is 0 Å². The van der Waals surface area contributed by atoms with E-state index in [1.54, 1.807) is 30.7 Å². The quantitative estimate of drug-likeness (QED) is 0.534. The number of aromatic amines is 1. The Morgan fingerprint density at radius 3 is 3.00 bits per heavy atom. The summed E-state index contributed by atoms with van der Waals surface area (Å²) < 4.78 is 1.46. The Balaban J connectivity index is 2.34. The fourth-order valence-corrected chi connectivity index (χ4v) is 1.71. The molecule has 0 atom stereocenters. The van der Waals surface area contributed by atoms with Gasteiger partial charge in [-0.1, -0.05) is 0 Å². The Hall–Kier alpha value is -2.70. The molecule has 0 unspecified atom stereocenters. The van der Waals surface area contributed by atoms with Gasteiger partial charge in [0.15, 0.2) is 0 Å². The maximum atomic E-state index is 11.0. The fourth-order valence-electron chi connectivity index (χ4n) is 1.71. The number of nitrogens with zero attached hydrogens (tertiary/aromatic N) is 4. The molecule has 1 aromatic carbocycles. The van der Waals surface area contributed by atoms with Crippen molar-refractivity contribution >= 4 is 16.6 Å². The number of H-pyrrole nitrogens is 1. The molecule has 0 aliphatic heterocycles. The number of aromatic nitrogens is 4. The number of fused-ring (bicyclic) bond motifs is 1. The van der Waals surface area contributed by atoms with Crippen LogP contribution in [-0.2, 0) is 0 Å². The number of hydrogen-bond acceptors (Lipinski definition) is 4. The summed E-state index contributed by atoms with van der Waals surface area (Å²) >= 11 is 0. The van der Waals surface area contributed by atoms with Gasteiger partial charge in [0.1, 0.15) is 5.69 Å². The maximum Gasteiger partial charge on any atom is 0.295 e. The smallest absolute Gasteiger partial charge is 0.278 e. The van der Waals surface area contributed by atoms with Gasteiger partial charge in [-0.15, -0.1) is 0 Å². The molecule has 84 valence electrons. The molecule has 2 aromatic heterocycles. The van der Waals surface area contributed by atoms with Crippen LogP contribution in [0.25, 0.3) is 16.6 Å². The van der Waals surface area contributed by atoms with Crippen LogP contribution in [0.4, 0.5) is 5.69 Å². The Labute approximate surface area is 94.8 Å². The van der Waals surface area contributed by atoms with Crippen molar-refractivity contribution in [3.63, 3.8) is 0 Å². The molecule has 0 radical (unpaired) electrons. The van der Waals surface area contributed by atoms with E-state index in [4.69, 9.17) is 0 Å². The number of nitro benzene ring substituents is 1. The van der Waals surface area contributed by atoms with Gasteiger partial charge < -0.3 is 0 Å². The van der Waals surface area contributed by atoms with Crippen LogP contribution in [0.1, 0.15) is 0 Å². The highest BCUT2D eigenvalue weighted by molar-refractivity contribution is 5.84. The Bertz CT molecular complexity index is 686. The predicted octanol–water partition coefficient (Wildman–Crippen LogP) is 1.66. The SMILES string of the molecule is O=[N+]([O-])c1cc2cn[nH]c2cc1-n1cccn1. The van der Waals surface area contributed by atoms with E-state index < -0.39 is 4.92 Å². The highest BCUT2D eigenvalue weighted by Crippen LogP contribution is 2.27. The second-order valence-corrected chi connectivity index (χ2v) is 3.51. The van der Waals surface area contributed by atoms with Crippen molar-refractivity contribution in [2.75, 3.05) is 0 Å². The maximum absolute atomic E-state index is 11.0. The van der Waals surface area contributed by atoms with Crippen molar-refractivity contribution in [3.05, 3.63) is 46.9 Å². The molecular formula is C10H7N5O2. The van der Waals surface area contributed by atoms with E-state index in [1.807, 2.05) is 0 Å². The Morgan fingerprint density at radius 2 is 2.29 bits per heavy atom. The molecule has 0 bridgehead atoms. The van der Waals surface area contributed by atoms with Gasteiger partial charge in [0.25, 0.3) is 5.69 Å². The highest BCUT2D eigenvalue weighted by Gasteiger charge is 2.17. The highest BCUT2D eigenvalue weighted by atomic mass is 16.6. The standard InChI is InChI=1S/C10H7N5O2/c16-15(17)10-4-7-6-11-13-8(7)5-9(10)14-3-1-2-12-14/h1-6H,(H,11,13).